The van der Waals surface area contributed by atoms with E-state index in [1.54, 1.807) is 0 Å². The quantitative estimate of drug-likeness (QED) is 0.694. The highest BCUT2D eigenvalue weighted by Gasteiger charge is 2.36. The Bertz CT molecular complexity index is 298. The van der Waals surface area contributed by atoms with E-state index in [0.29, 0.717) is 18.5 Å². The van der Waals surface area contributed by atoms with Crippen molar-refractivity contribution in [2.24, 2.45) is 0 Å². The zero-order valence-electron chi connectivity index (χ0n) is 8.94. The Hall–Kier alpha value is -1.28. The molecule has 2 fully saturated rings. The van der Waals surface area contributed by atoms with Crippen molar-refractivity contribution < 1.29 is 4.79 Å². The molecule has 0 radical (unpaired) electrons. The van der Waals surface area contributed by atoms with Gasteiger partial charge in [0.1, 0.15) is 0 Å². The summed E-state index contributed by atoms with van der Waals surface area (Å²) in [5.41, 5.74) is 0. The molecular weight excluding hydrogens is 192 g/mol. The van der Waals surface area contributed by atoms with Crippen molar-refractivity contribution in [1.29, 1.82) is 5.26 Å². The summed E-state index contributed by atoms with van der Waals surface area (Å²) in [5, 5.41) is 11.5. The van der Waals surface area contributed by atoms with E-state index in [1.807, 2.05) is 4.90 Å². The Kier molecular flexibility index (Phi) is 2.78. The van der Waals surface area contributed by atoms with Crippen molar-refractivity contribution in [2.75, 3.05) is 26.2 Å². The fourth-order valence-corrected chi connectivity index (χ4v) is 2.29. The lowest BCUT2D eigenvalue weighted by Gasteiger charge is -2.39. The summed E-state index contributed by atoms with van der Waals surface area (Å²) >= 11 is 0. The van der Waals surface area contributed by atoms with Crippen LogP contribution < -0.4 is 5.32 Å². The van der Waals surface area contributed by atoms with Gasteiger partial charge in [-0.05, 0) is 6.92 Å². The summed E-state index contributed by atoms with van der Waals surface area (Å²) in [6.07, 6.45) is 0.564. The van der Waals surface area contributed by atoms with Crippen molar-refractivity contribution in [1.82, 2.24) is 15.1 Å². The van der Waals surface area contributed by atoms with Crippen molar-refractivity contribution in [2.45, 2.75) is 25.4 Å². The second-order valence-electron chi connectivity index (χ2n) is 4.24. The number of nitrogens with one attached hydrogen (secondary N) is 1. The Balaban J connectivity index is 1.93. The topological polar surface area (TPSA) is 59.4 Å². The van der Waals surface area contributed by atoms with Gasteiger partial charge >= 0.3 is 6.03 Å². The molecule has 0 spiro atoms. The molecule has 0 saturated carbocycles. The van der Waals surface area contributed by atoms with E-state index in [9.17, 15) is 4.79 Å². The molecule has 15 heavy (non-hydrogen) atoms. The maximum absolute atomic E-state index is 11.4. The summed E-state index contributed by atoms with van der Waals surface area (Å²) in [5.74, 6) is 0. The number of urea groups is 1. The number of fused-ring (bicyclic) bond motifs is 1. The lowest BCUT2D eigenvalue weighted by atomic mass is 10.1. The first-order chi connectivity index (χ1) is 7.22. The Morgan fingerprint density at radius 2 is 2.47 bits per heavy atom. The van der Waals surface area contributed by atoms with Crippen molar-refractivity contribution in [3.05, 3.63) is 0 Å². The summed E-state index contributed by atoms with van der Waals surface area (Å²) in [6, 6.07) is 2.86. The minimum absolute atomic E-state index is 0.0626. The molecule has 2 saturated heterocycles. The summed E-state index contributed by atoms with van der Waals surface area (Å²) in [6.45, 7) is 5.37. The van der Waals surface area contributed by atoms with Crippen LogP contribution in [0.5, 0.6) is 0 Å². The summed E-state index contributed by atoms with van der Waals surface area (Å²) < 4.78 is 0. The molecule has 0 aliphatic carbocycles. The molecule has 2 aliphatic rings. The van der Waals surface area contributed by atoms with Crippen LogP contribution in [-0.2, 0) is 0 Å². The van der Waals surface area contributed by atoms with Crippen LogP contribution in [0.2, 0.25) is 0 Å². The minimum Gasteiger partial charge on any atom is -0.336 e. The number of nitrogens with zero attached hydrogens (tertiary/aromatic N) is 3. The van der Waals surface area contributed by atoms with E-state index in [1.165, 1.54) is 0 Å². The normalized spacial score (nSPS) is 28.1. The first kappa shape index (κ1) is 10.2. The van der Waals surface area contributed by atoms with E-state index < -0.39 is 0 Å². The third kappa shape index (κ3) is 1.90. The van der Waals surface area contributed by atoms with Crippen LogP contribution in [-0.4, -0.2) is 54.1 Å². The number of piperazine rings is 1. The lowest BCUT2D eigenvalue weighted by Crippen LogP contribution is -2.54. The smallest absolute Gasteiger partial charge is 0.317 e. The third-order valence-electron chi connectivity index (χ3n) is 3.27. The van der Waals surface area contributed by atoms with E-state index in [4.69, 9.17) is 5.26 Å². The first-order valence-corrected chi connectivity index (χ1v) is 5.38. The molecule has 0 aromatic carbocycles. The second-order valence-corrected chi connectivity index (χ2v) is 4.24. The monoisotopic (exact) mass is 208 g/mol. The zero-order chi connectivity index (χ0) is 10.8. The van der Waals surface area contributed by atoms with Crippen LogP contribution in [0.25, 0.3) is 0 Å². The van der Waals surface area contributed by atoms with Crippen LogP contribution in [0.15, 0.2) is 0 Å². The first-order valence-electron chi connectivity index (χ1n) is 5.38. The number of nitriles is 1. The molecule has 2 rings (SSSR count). The van der Waals surface area contributed by atoms with Crippen molar-refractivity contribution >= 4 is 6.03 Å². The zero-order valence-corrected chi connectivity index (χ0v) is 8.94. The number of carbonyl (C=O) groups excluding carboxylic acids is 1. The van der Waals surface area contributed by atoms with Gasteiger partial charge in [0.05, 0.1) is 18.5 Å². The molecule has 82 valence electrons. The minimum atomic E-state index is 0.0626. The third-order valence-corrected chi connectivity index (χ3v) is 3.27. The molecule has 0 aromatic heterocycles. The lowest BCUT2D eigenvalue weighted by molar-refractivity contribution is 0.0952. The van der Waals surface area contributed by atoms with Gasteiger partial charge in [-0.15, -0.1) is 0 Å². The Morgan fingerprint density at radius 3 is 3.20 bits per heavy atom. The van der Waals surface area contributed by atoms with Gasteiger partial charge < -0.3 is 10.2 Å². The Morgan fingerprint density at radius 1 is 1.67 bits per heavy atom. The average Bonchev–Trinajstić information content (AvgIpc) is 2.60. The van der Waals surface area contributed by atoms with Gasteiger partial charge in [-0.2, -0.15) is 5.26 Å². The van der Waals surface area contributed by atoms with Gasteiger partial charge in [-0.25, -0.2) is 4.79 Å². The largest absolute Gasteiger partial charge is 0.336 e. The highest BCUT2D eigenvalue weighted by Crippen LogP contribution is 2.16. The maximum atomic E-state index is 11.4. The fourth-order valence-electron chi connectivity index (χ4n) is 2.29. The number of rotatable bonds is 2. The van der Waals surface area contributed by atoms with E-state index in [-0.39, 0.29) is 6.03 Å². The highest BCUT2D eigenvalue weighted by molar-refractivity contribution is 5.77. The van der Waals surface area contributed by atoms with E-state index in [0.717, 1.165) is 26.2 Å². The van der Waals surface area contributed by atoms with E-state index >= 15 is 0 Å². The van der Waals surface area contributed by atoms with Crippen molar-refractivity contribution in [3.8, 4) is 6.07 Å². The predicted octanol–water partition coefficient (Wildman–Crippen LogP) is -0.00202. The van der Waals surface area contributed by atoms with Gasteiger partial charge in [0.2, 0.25) is 0 Å². The molecule has 2 unspecified atom stereocenters. The summed E-state index contributed by atoms with van der Waals surface area (Å²) in [7, 11) is 0. The fraction of sp³-hybridized carbons (Fsp3) is 0.800. The molecule has 2 aliphatic heterocycles. The number of carbonyl (C=O) groups is 1. The molecule has 2 amide bonds. The van der Waals surface area contributed by atoms with Gasteiger partial charge in [0.25, 0.3) is 0 Å². The van der Waals surface area contributed by atoms with Gasteiger partial charge in [0.15, 0.2) is 0 Å². The van der Waals surface area contributed by atoms with Crippen LogP contribution in [0.1, 0.15) is 13.3 Å². The molecule has 0 aromatic rings. The van der Waals surface area contributed by atoms with Crippen molar-refractivity contribution in [3.63, 3.8) is 0 Å². The second kappa shape index (κ2) is 4.07. The molecule has 5 heteroatoms. The van der Waals surface area contributed by atoms with Crippen LogP contribution in [0.4, 0.5) is 4.79 Å². The number of amides is 2. The molecule has 2 atom stereocenters. The number of hydrogen-bond acceptors (Lipinski definition) is 3. The van der Waals surface area contributed by atoms with Gasteiger partial charge in [-0.1, -0.05) is 0 Å². The number of hydrogen-bond donors (Lipinski definition) is 1. The van der Waals surface area contributed by atoms with Crippen LogP contribution >= 0.6 is 0 Å². The molecular formula is C10H16N4O. The predicted molar refractivity (Wildman–Crippen MR) is 55.2 cm³/mol. The average molecular weight is 208 g/mol. The molecule has 0 bridgehead atoms. The van der Waals surface area contributed by atoms with Gasteiger partial charge in [-0.3, -0.25) is 4.90 Å². The summed E-state index contributed by atoms with van der Waals surface area (Å²) in [4.78, 5) is 15.5. The SMILES string of the molecule is CC(CC#N)N1CCN2C(=O)NCC2C1. The van der Waals surface area contributed by atoms with Crippen LogP contribution in [0.3, 0.4) is 0 Å². The van der Waals surface area contributed by atoms with Gasteiger partial charge in [0, 0.05) is 32.2 Å². The maximum Gasteiger partial charge on any atom is 0.317 e. The molecule has 1 N–H and O–H groups in total. The molecule has 2 heterocycles. The molecule has 5 nitrogen and oxygen atoms in total. The highest BCUT2D eigenvalue weighted by atomic mass is 16.2. The Labute approximate surface area is 89.6 Å². The van der Waals surface area contributed by atoms with E-state index in [2.05, 4.69) is 23.2 Å². The standard InChI is InChI=1S/C10H16N4O/c1-8(2-3-11)13-4-5-14-9(7-13)6-12-10(14)15/h8-9H,2,4-7H2,1H3,(H,12,15). The van der Waals surface area contributed by atoms with Crippen LogP contribution in [0, 0.1) is 11.3 Å².